The van der Waals surface area contributed by atoms with E-state index < -0.39 is 36.4 Å². The summed E-state index contributed by atoms with van der Waals surface area (Å²) in [6.45, 7) is 8.32. The molecule has 0 radical (unpaired) electrons. The van der Waals surface area contributed by atoms with E-state index in [0.717, 1.165) is 18.2 Å². The van der Waals surface area contributed by atoms with Crippen molar-refractivity contribution in [2.45, 2.75) is 38.7 Å². The van der Waals surface area contributed by atoms with Crippen molar-refractivity contribution in [2.24, 2.45) is 0 Å². The largest absolute Gasteiger partial charge is 0.420 e. The average Bonchev–Trinajstić information content (AvgIpc) is 2.11. The quantitative estimate of drug-likeness (QED) is 0.623. The van der Waals surface area contributed by atoms with Crippen molar-refractivity contribution in [1.82, 2.24) is 0 Å². The summed E-state index contributed by atoms with van der Waals surface area (Å²) in [6.07, 6.45) is 1.04. The van der Waals surface area contributed by atoms with Crippen molar-refractivity contribution >= 4 is 49.0 Å². The van der Waals surface area contributed by atoms with Crippen LogP contribution in [0.2, 0.25) is 32.2 Å². The third-order valence-electron chi connectivity index (χ3n) is 2.39. The molecule has 4 nitrogen and oxygen atoms in total. The number of thiol groups is 1. The van der Waals surface area contributed by atoms with Crippen LogP contribution in [0.4, 0.5) is 0 Å². The van der Waals surface area contributed by atoms with E-state index in [1.54, 1.807) is 0 Å². The maximum absolute atomic E-state index is 6.11. The Hall–Kier alpha value is 1.06. The summed E-state index contributed by atoms with van der Waals surface area (Å²) >= 11 is 4.24. The monoisotopic (exact) mass is 314 g/mol. The lowest BCUT2D eigenvalue weighted by molar-refractivity contribution is 0.274. The van der Waals surface area contributed by atoms with Crippen molar-refractivity contribution in [3.63, 3.8) is 0 Å². The predicted octanol–water partition coefficient (Wildman–Crippen LogP) is 1.01. The molecule has 1 rings (SSSR count). The van der Waals surface area contributed by atoms with E-state index in [-0.39, 0.29) is 0 Å². The molecule has 0 aliphatic carbocycles. The van der Waals surface area contributed by atoms with Crippen molar-refractivity contribution < 1.29 is 16.5 Å². The molecule has 0 aromatic rings. The van der Waals surface area contributed by atoms with Crippen LogP contribution >= 0.6 is 12.6 Å². The highest BCUT2D eigenvalue weighted by molar-refractivity contribution is 7.80. The molecule has 2 unspecified atom stereocenters. The molecule has 0 spiro atoms. The Labute approximate surface area is 110 Å². The van der Waals surface area contributed by atoms with Gasteiger partial charge in [-0.1, -0.05) is 0 Å². The van der Waals surface area contributed by atoms with Gasteiger partial charge in [0.2, 0.25) is 0 Å². The summed E-state index contributed by atoms with van der Waals surface area (Å²) in [7, 11) is -6.64. The lowest BCUT2D eigenvalue weighted by Gasteiger charge is -2.37. The Morgan fingerprint density at radius 2 is 1.50 bits per heavy atom. The van der Waals surface area contributed by atoms with Crippen LogP contribution < -0.4 is 0 Å². The van der Waals surface area contributed by atoms with Crippen LogP contribution in [0.5, 0.6) is 0 Å². The Kier molecular flexibility index (Phi) is 6.47. The molecule has 0 amide bonds. The molecular formula is C7H22O4SSi4. The molecule has 0 aromatic heterocycles. The summed E-state index contributed by atoms with van der Waals surface area (Å²) in [5.41, 5.74) is 0. The molecule has 0 bridgehead atoms. The van der Waals surface area contributed by atoms with Crippen molar-refractivity contribution in [1.29, 1.82) is 0 Å². The van der Waals surface area contributed by atoms with Crippen molar-refractivity contribution in [3.05, 3.63) is 0 Å². The van der Waals surface area contributed by atoms with Crippen LogP contribution in [-0.4, -0.2) is 42.2 Å². The second-order valence-corrected chi connectivity index (χ2v) is 14.9. The zero-order valence-electron chi connectivity index (χ0n) is 10.4. The Bertz CT molecular complexity index is 209. The summed E-state index contributed by atoms with van der Waals surface area (Å²) in [5.74, 6) is 0.883. The molecule has 9 heteroatoms. The van der Waals surface area contributed by atoms with Crippen LogP contribution in [0.15, 0.2) is 0 Å². The minimum Gasteiger partial charge on any atom is -0.420 e. The number of hydrogen-bond donors (Lipinski definition) is 1. The number of hydrogen-bond acceptors (Lipinski definition) is 5. The van der Waals surface area contributed by atoms with Gasteiger partial charge in [0, 0.05) is 0 Å². The first kappa shape index (κ1) is 15.1. The van der Waals surface area contributed by atoms with E-state index in [9.17, 15) is 0 Å². The highest BCUT2D eigenvalue weighted by atomic mass is 32.1. The summed E-state index contributed by atoms with van der Waals surface area (Å²) in [6, 6.07) is 0.994. The molecule has 1 fully saturated rings. The van der Waals surface area contributed by atoms with Gasteiger partial charge < -0.3 is 16.5 Å². The van der Waals surface area contributed by atoms with Crippen LogP contribution in [0.3, 0.4) is 0 Å². The molecule has 0 N–H and O–H groups in total. The van der Waals surface area contributed by atoms with Gasteiger partial charge in [-0.25, -0.2) is 0 Å². The summed E-state index contributed by atoms with van der Waals surface area (Å²) < 4.78 is 23.9. The van der Waals surface area contributed by atoms with Gasteiger partial charge in [0.15, 0.2) is 0 Å². The molecule has 0 aromatic carbocycles. The first-order valence-corrected chi connectivity index (χ1v) is 15.2. The average molecular weight is 315 g/mol. The Morgan fingerprint density at radius 3 is 1.94 bits per heavy atom. The summed E-state index contributed by atoms with van der Waals surface area (Å²) in [4.78, 5) is 0. The zero-order valence-corrected chi connectivity index (χ0v) is 15.8. The van der Waals surface area contributed by atoms with Crippen molar-refractivity contribution in [3.8, 4) is 0 Å². The van der Waals surface area contributed by atoms with Crippen LogP contribution in [-0.2, 0) is 16.5 Å². The minimum atomic E-state index is -2.05. The molecule has 1 heterocycles. The fourth-order valence-corrected chi connectivity index (χ4v) is 17.0. The van der Waals surface area contributed by atoms with Gasteiger partial charge in [0.1, 0.15) is 0 Å². The molecule has 1 aliphatic rings. The van der Waals surface area contributed by atoms with Crippen molar-refractivity contribution in [2.75, 3.05) is 5.75 Å². The predicted molar refractivity (Wildman–Crippen MR) is 78.3 cm³/mol. The maximum atomic E-state index is 6.11. The van der Waals surface area contributed by atoms with Gasteiger partial charge in [-0.15, -0.1) is 0 Å². The Morgan fingerprint density at radius 1 is 1.00 bits per heavy atom. The van der Waals surface area contributed by atoms with E-state index in [2.05, 4.69) is 38.8 Å². The van der Waals surface area contributed by atoms with Crippen LogP contribution in [0.1, 0.15) is 6.42 Å². The van der Waals surface area contributed by atoms with Crippen LogP contribution in [0, 0.1) is 0 Å². The first-order valence-electron chi connectivity index (χ1n) is 5.72. The third kappa shape index (κ3) is 5.14. The van der Waals surface area contributed by atoms with E-state index in [1.807, 2.05) is 0 Å². The maximum Gasteiger partial charge on any atom is 0.317 e. The SMILES string of the molecule is C[SiH]1O[SiH](C)O[Si](C)(CCCS)O[SiH](C)O1. The zero-order chi connectivity index (χ0) is 12.2. The fourth-order valence-electron chi connectivity index (χ4n) is 1.88. The highest BCUT2D eigenvalue weighted by Crippen LogP contribution is 2.21. The molecule has 96 valence electrons. The molecular weight excluding hydrogens is 292 g/mol. The van der Waals surface area contributed by atoms with Crippen LogP contribution in [0.25, 0.3) is 0 Å². The van der Waals surface area contributed by atoms with Gasteiger partial charge in [0.25, 0.3) is 27.9 Å². The van der Waals surface area contributed by atoms with E-state index in [0.29, 0.717) is 0 Å². The second kappa shape index (κ2) is 6.85. The molecule has 2 atom stereocenters. The minimum absolute atomic E-state index is 0.883. The molecule has 0 saturated carbocycles. The molecule has 1 saturated heterocycles. The van der Waals surface area contributed by atoms with Gasteiger partial charge in [0.05, 0.1) is 0 Å². The van der Waals surface area contributed by atoms with Gasteiger partial charge in [-0.3, -0.25) is 0 Å². The van der Waals surface area contributed by atoms with Gasteiger partial charge in [-0.2, -0.15) is 12.6 Å². The standard InChI is InChI=1S/C7H22O4SSi4/c1-13-8-14(2)10-16(4,7-5-6-12)11-15(3)9-13/h12-15H,5-7H2,1-4H3. The van der Waals surface area contributed by atoms with E-state index >= 15 is 0 Å². The normalized spacial score (nSPS) is 41.4. The fraction of sp³-hybridized carbons (Fsp3) is 1.00. The Balaban J connectivity index is 2.61. The molecule has 16 heavy (non-hydrogen) atoms. The topological polar surface area (TPSA) is 36.9 Å². The molecule has 1 aliphatic heterocycles. The van der Waals surface area contributed by atoms with E-state index in [4.69, 9.17) is 16.5 Å². The van der Waals surface area contributed by atoms with Gasteiger partial charge >= 0.3 is 8.56 Å². The van der Waals surface area contributed by atoms with E-state index in [1.165, 1.54) is 0 Å². The highest BCUT2D eigenvalue weighted by Gasteiger charge is 2.38. The van der Waals surface area contributed by atoms with Gasteiger partial charge in [-0.05, 0) is 44.4 Å². The first-order chi connectivity index (χ1) is 7.45. The second-order valence-electron chi connectivity index (χ2n) is 4.17. The third-order valence-corrected chi connectivity index (χ3v) is 16.7. The lowest BCUT2D eigenvalue weighted by Crippen LogP contribution is -2.53. The number of rotatable bonds is 3. The smallest absolute Gasteiger partial charge is 0.317 e. The lowest BCUT2D eigenvalue weighted by atomic mass is 10.6. The summed E-state index contributed by atoms with van der Waals surface area (Å²) in [5, 5.41) is 0.